The molecule has 138 valence electrons. The second kappa shape index (κ2) is 8.41. The number of carboxylic acids is 1. The third kappa shape index (κ3) is 4.68. The number of aliphatic carboxylic acids is 1. The number of methoxy groups -OCH3 is 1. The maximum Gasteiger partial charge on any atom is 0.341 e. The molecule has 0 unspecified atom stereocenters. The lowest BCUT2D eigenvalue weighted by molar-refractivity contribution is -0.139. The van der Waals surface area contributed by atoms with Gasteiger partial charge in [0.05, 0.1) is 12.0 Å². The molecule has 1 aliphatic heterocycles. The molecular formula is C19H16N2O5S. The number of benzene rings is 2. The van der Waals surface area contributed by atoms with Gasteiger partial charge in [-0.25, -0.2) is 9.79 Å². The van der Waals surface area contributed by atoms with E-state index in [1.165, 1.54) is 11.8 Å². The van der Waals surface area contributed by atoms with E-state index in [1.807, 2.05) is 12.1 Å². The van der Waals surface area contributed by atoms with Crippen LogP contribution >= 0.6 is 11.8 Å². The minimum Gasteiger partial charge on any atom is -0.494 e. The molecule has 1 heterocycles. The average Bonchev–Trinajstić information content (AvgIpc) is 3.00. The van der Waals surface area contributed by atoms with Crippen LogP contribution in [0.25, 0.3) is 6.08 Å². The van der Waals surface area contributed by atoms with E-state index in [0.29, 0.717) is 32.8 Å². The predicted octanol–water partition coefficient (Wildman–Crippen LogP) is 3.05. The molecule has 0 atom stereocenters. The Hall–Kier alpha value is -3.26. The van der Waals surface area contributed by atoms with Crippen LogP contribution in [0.4, 0.5) is 5.69 Å². The van der Waals surface area contributed by atoms with E-state index in [0.717, 1.165) is 0 Å². The van der Waals surface area contributed by atoms with Gasteiger partial charge < -0.3 is 19.9 Å². The number of rotatable bonds is 6. The van der Waals surface area contributed by atoms with E-state index in [-0.39, 0.29) is 5.91 Å². The standard InChI is InChI=1S/C19H16N2O5S/c1-25-15-9-5-3-7-13(15)20-19-21-18(24)16(27-19)10-12-6-2-4-8-14(12)26-11-17(22)23/h2-10H,11H2,1H3,(H,22,23)(H,20,21,24)/b16-10+. The predicted molar refractivity (Wildman–Crippen MR) is 103 cm³/mol. The number of hydrogen-bond acceptors (Lipinski definition) is 6. The number of amidine groups is 1. The van der Waals surface area contributed by atoms with Crippen molar-refractivity contribution in [1.82, 2.24) is 5.32 Å². The number of carbonyl (C=O) groups is 2. The van der Waals surface area contributed by atoms with E-state index < -0.39 is 12.6 Å². The Morgan fingerprint density at radius 2 is 1.89 bits per heavy atom. The maximum atomic E-state index is 12.3. The molecule has 8 heteroatoms. The van der Waals surface area contributed by atoms with Crippen LogP contribution in [0.2, 0.25) is 0 Å². The lowest BCUT2D eigenvalue weighted by Crippen LogP contribution is -2.19. The van der Waals surface area contributed by atoms with Gasteiger partial charge in [0.2, 0.25) is 0 Å². The van der Waals surface area contributed by atoms with Crippen LogP contribution in [0.5, 0.6) is 11.5 Å². The molecule has 7 nitrogen and oxygen atoms in total. The molecule has 2 aromatic carbocycles. The van der Waals surface area contributed by atoms with Crippen molar-refractivity contribution in [3.63, 3.8) is 0 Å². The Balaban J connectivity index is 1.84. The van der Waals surface area contributed by atoms with Crippen LogP contribution in [0.3, 0.4) is 0 Å². The number of aliphatic imine (C=N–C) groups is 1. The van der Waals surface area contributed by atoms with Crippen molar-refractivity contribution in [3.05, 3.63) is 59.0 Å². The summed E-state index contributed by atoms with van der Waals surface area (Å²) in [6.07, 6.45) is 1.64. The van der Waals surface area contributed by atoms with Gasteiger partial charge in [-0.15, -0.1) is 0 Å². The maximum absolute atomic E-state index is 12.3. The number of carboxylic acid groups (broad SMARTS) is 1. The number of amides is 1. The summed E-state index contributed by atoms with van der Waals surface area (Å²) in [7, 11) is 1.55. The van der Waals surface area contributed by atoms with E-state index in [4.69, 9.17) is 14.6 Å². The number of para-hydroxylation sites is 3. The second-order valence-electron chi connectivity index (χ2n) is 5.37. The summed E-state index contributed by atoms with van der Waals surface area (Å²) in [6.45, 7) is -0.458. The number of carbonyl (C=O) groups excluding carboxylic acids is 1. The first-order chi connectivity index (χ1) is 13.1. The lowest BCUT2D eigenvalue weighted by Gasteiger charge is -2.06. The minimum absolute atomic E-state index is 0.290. The van der Waals surface area contributed by atoms with Gasteiger partial charge >= 0.3 is 5.97 Å². The van der Waals surface area contributed by atoms with E-state index >= 15 is 0 Å². The quantitative estimate of drug-likeness (QED) is 0.743. The molecule has 0 radical (unpaired) electrons. The van der Waals surface area contributed by atoms with Gasteiger partial charge in [0.15, 0.2) is 11.8 Å². The Bertz CT molecular complexity index is 939. The monoisotopic (exact) mass is 384 g/mol. The second-order valence-corrected chi connectivity index (χ2v) is 6.40. The Kier molecular flexibility index (Phi) is 5.77. The highest BCUT2D eigenvalue weighted by Gasteiger charge is 2.24. The average molecular weight is 384 g/mol. The zero-order chi connectivity index (χ0) is 19.2. The molecule has 3 rings (SSSR count). The van der Waals surface area contributed by atoms with Gasteiger partial charge in [-0.3, -0.25) is 4.79 Å². The van der Waals surface area contributed by atoms with Crippen LogP contribution < -0.4 is 14.8 Å². The molecular weight excluding hydrogens is 368 g/mol. The fraction of sp³-hybridized carbons (Fsp3) is 0.105. The third-order valence-electron chi connectivity index (χ3n) is 3.51. The topological polar surface area (TPSA) is 97.2 Å². The molecule has 0 bridgehead atoms. The molecule has 1 amide bonds. The van der Waals surface area contributed by atoms with Crippen molar-refractivity contribution in [2.75, 3.05) is 13.7 Å². The number of ether oxygens (including phenoxy) is 2. The van der Waals surface area contributed by atoms with E-state index in [9.17, 15) is 9.59 Å². The molecule has 0 aliphatic carbocycles. The van der Waals surface area contributed by atoms with Crippen molar-refractivity contribution in [2.45, 2.75) is 0 Å². The zero-order valence-corrected chi connectivity index (χ0v) is 15.2. The summed E-state index contributed by atoms with van der Waals surface area (Å²) in [6, 6.07) is 14.1. The number of hydrogen-bond donors (Lipinski definition) is 2. The van der Waals surface area contributed by atoms with Gasteiger partial charge in [-0.1, -0.05) is 30.3 Å². The highest BCUT2D eigenvalue weighted by molar-refractivity contribution is 8.18. The lowest BCUT2D eigenvalue weighted by atomic mass is 10.2. The van der Waals surface area contributed by atoms with Gasteiger partial charge in [0.1, 0.15) is 17.2 Å². The molecule has 2 N–H and O–H groups in total. The van der Waals surface area contributed by atoms with Gasteiger partial charge in [-0.2, -0.15) is 0 Å². The van der Waals surface area contributed by atoms with E-state index in [2.05, 4.69) is 10.3 Å². The highest BCUT2D eigenvalue weighted by Crippen LogP contribution is 2.33. The largest absolute Gasteiger partial charge is 0.494 e. The third-order valence-corrected chi connectivity index (χ3v) is 4.42. The zero-order valence-electron chi connectivity index (χ0n) is 14.3. The van der Waals surface area contributed by atoms with Crippen molar-refractivity contribution >= 4 is 40.6 Å². The van der Waals surface area contributed by atoms with Crippen molar-refractivity contribution < 1.29 is 24.2 Å². The summed E-state index contributed by atoms with van der Waals surface area (Å²) in [5.41, 5.74) is 1.21. The normalized spacial score (nSPS) is 16.4. The smallest absolute Gasteiger partial charge is 0.341 e. The molecule has 1 saturated heterocycles. The first kappa shape index (κ1) is 18.5. The molecule has 1 aliphatic rings. The number of nitrogens with one attached hydrogen (secondary N) is 1. The number of nitrogens with zero attached hydrogens (tertiary/aromatic N) is 1. The Morgan fingerprint density at radius 1 is 1.19 bits per heavy atom. The fourth-order valence-electron chi connectivity index (χ4n) is 2.32. The van der Waals surface area contributed by atoms with Crippen LogP contribution in [0.1, 0.15) is 5.56 Å². The molecule has 27 heavy (non-hydrogen) atoms. The molecule has 0 spiro atoms. The van der Waals surface area contributed by atoms with Gasteiger partial charge in [-0.05, 0) is 36.0 Å². The van der Waals surface area contributed by atoms with Crippen LogP contribution in [0, 0.1) is 0 Å². The first-order valence-electron chi connectivity index (χ1n) is 7.93. The summed E-state index contributed by atoms with van der Waals surface area (Å²) in [5, 5.41) is 11.9. The van der Waals surface area contributed by atoms with Crippen molar-refractivity contribution in [3.8, 4) is 11.5 Å². The Morgan fingerprint density at radius 3 is 2.63 bits per heavy atom. The molecule has 0 aromatic heterocycles. The first-order valence-corrected chi connectivity index (χ1v) is 8.74. The molecule has 1 fully saturated rings. The van der Waals surface area contributed by atoms with Gasteiger partial charge in [0, 0.05) is 5.56 Å². The summed E-state index contributed by atoms with van der Waals surface area (Å²) >= 11 is 1.18. The highest BCUT2D eigenvalue weighted by atomic mass is 32.2. The molecule has 2 aromatic rings. The van der Waals surface area contributed by atoms with Crippen LogP contribution in [-0.2, 0) is 9.59 Å². The van der Waals surface area contributed by atoms with Gasteiger partial charge in [0.25, 0.3) is 5.91 Å². The minimum atomic E-state index is -1.07. The SMILES string of the molecule is COc1ccccc1N=C1NC(=O)/C(=C\c2ccccc2OCC(=O)O)S1. The van der Waals surface area contributed by atoms with E-state index in [1.54, 1.807) is 49.6 Å². The summed E-state index contributed by atoms with van der Waals surface area (Å²) in [4.78, 5) is 27.8. The van der Waals surface area contributed by atoms with Crippen LogP contribution in [0.15, 0.2) is 58.4 Å². The number of thioether (sulfide) groups is 1. The molecule has 0 saturated carbocycles. The summed E-state index contributed by atoms with van der Waals surface area (Å²) in [5.74, 6) is -0.376. The summed E-state index contributed by atoms with van der Waals surface area (Å²) < 4.78 is 10.5. The fourth-order valence-corrected chi connectivity index (χ4v) is 3.15. The van der Waals surface area contributed by atoms with Crippen molar-refractivity contribution in [2.24, 2.45) is 4.99 Å². The van der Waals surface area contributed by atoms with Crippen LogP contribution in [-0.4, -0.2) is 35.9 Å². The Labute approximate surface area is 159 Å². The van der Waals surface area contributed by atoms with Crippen molar-refractivity contribution in [1.29, 1.82) is 0 Å².